The van der Waals surface area contributed by atoms with Gasteiger partial charge in [0.1, 0.15) is 12.2 Å². The predicted octanol–water partition coefficient (Wildman–Crippen LogP) is 1.35. The Labute approximate surface area is 119 Å². The second kappa shape index (κ2) is 6.75. The summed E-state index contributed by atoms with van der Waals surface area (Å²) in [5.41, 5.74) is -0.922. The standard InChI is InChI=1S/C13H16F3N3O2/c14-13(15,16)9-3-1-6-19-12(9)21-8-7-18-11(20)10-4-2-5-17-10/h1,3,6,10,17H,2,4-5,7-8H2,(H,18,20). The molecule has 0 aromatic carbocycles. The lowest BCUT2D eigenvalue weighted by molar-refractivity contribution is -0.139. The van der Waals surface area contributed by atoms with Crippen molar-refractivity contribution in [3.8, 4) is 5.88 Å². The van der Waals surface area contributed by atoms with Gasteiger partial charge in [0.25, 0.3) is 0 Å². The predicted molar refractivity (Wildman–Crippen MR) is 68.8 cm³/mol. The lowest BCUT2D eigenvalue weighted by Crippen LogP contribution is -2.41. The van der Waals surface area contributed by atoms with Crippen LogP contribution >= 0.6 is 0 Å². The van der Waals surface area contributed by atoms with Gasteiger partial charge in [-0.1, -0.05) is 0 Å². The number of alkyl halides is 3. The number of hydrogen-bond acceptors (Lipinski definition) is 4. The van der Waals surface area contributed by atoms with Crippen molar-refractivity contribution in [3.05, 3.63) is 23.9 Å². The third-order valence-electron chi connectivity index (χ3n) is 3.09. The molecule has 2 N–H and O–H groups in total. The van der Waals surface area contributed by atoms with Crippen LogP contribution < -0.4 is 15.4 Å². The number of ether oxygens (including phenoxy) is 1. The molecular weight excluding hydrogens is 287 g/mol. The van der Waals surface area contributed by atoms with Crippen LogP contribution in [0.5, 0.6) is 5.88 Å². The molecule has 1 saturated heterocycles. The van der Waals surface area contributed by atoms with Gasteiger partial charge in [0.15, 0.2) is 0 Å². The van der Waals surface area contributed by atoms with Crippen LogP contribution in [0.15, 0.2) is 18.3 Å². The highest BCUT2D eigenvalue weighted by atomic mass is 19.4. The van der Waals surface area contributed by atoms with Gasteiger partial charge in [-0.05, 0) is 31.5 Å². The summed E-state index contributed by atoms with van der Waals surface area (Å²) in [4.78, 5) is 15.2. The third kappa shape index (κ3) is 4.32. The number of carbonyl (C=O) groups is 1. The van der Waals surface area contributed by atoms with E-state index in [4.69, 9.17) is 4.74 Å². The smallest absolute Gasteiger partial charge is 0.421 e. The van der Waals surface area contributed by atoms with Gasteiger partial charge in [-0.3, -0.25) is 4.79 Å². The Morgan fingerprint density at radius 1 is 1.52 bits per heavy atom. The molecule has 0 radical (unpaired) electrons. The zero-order chi connectivity index (χ0) is 15.3. The molecule has 0 bridgehead atoms. The van der Waals surface area contributed by atoms with Crippen molar-refractivity contribution in [1.82, 2.24) is 15.6 Å². The first kappa shape index (κ1) is 15.6. The van der Waals surface area contributed by atoms with Crippen molar-refractivity contribution in [1.29, 1.82) is 0 Å². The van der Waals surface area contributed by atoms with Gasteiger partial charge < -0.3 is 15.4 Å². The van der Waals surface area contributed by atoms with E-state index in [-0.39, 0.29) is 25.1 Å². The second-order valence-corrected chi connectivity index (χ2v) is 4.64. The van der Waals surface area contributed by atoms with Crippen LogP contribution in [-0.2, 0) is 11.0 Å². The Balaban J connectivity index is 1.80. The molecule has 0 spiro atoms. The summed E-state index contributed by atoms with van der Waals surface area (Å²) in [7, 11) is 0. The number of hydrogen-bond donors (Lipinski definition) is 2. The van der Waals surface area contributed by atoms with Crippen LogP contribution in [0.3, 0.4) is 0 Å². The minimum Gasteiger partial charge on any atom is -0.475 e. The maximum Gasteiger partial charge on any atom is 0.421 e. The van der Waals surface area contributed by atoms with Crippen molar-refractivity contribution in [2.24, 2.45) is 0 Å². The van der Waals surface area contributed by atoms with Gasteiger partial charge >= 0.3 is 6.18 Å². The topological polar surface area (TPSA) is 63.2 Å². The lowest BCUT2D eigenvalue weighted by Gasteiger charge is -2.14. The molecule has 2 rings (SSSR count). The molecule has 8 heteroatoms. The first-order valence-electron chi connectivity index (χ1n) is 6.64. The average Bonchev–Trinajstić information content (AvgIpc) is 2.97. The number of halogens is 3. The van der Waals surface area contributed by atoms with Crippen LogP contribution in [0, 0.1) is 0 Å². The highest BCUT2D eigenvalue weighted by Gasteiger charge is 2.35. The van der Waals surface area contributed by atoms with E-state index in [0.29, 0.717) is 0 Å². The molecule has 1 unspecified atom stereocenters. The molecule has 1 amide bonds. The second-order valence-electron chi connectivity index (χ2n) is 4.64. The number of aromatic nitrogens is 1. The average molecular weight is 303 g/mol. The fourth-order valence-electron chi connectivity index (χ4n) is 2.08. The Kier molecular flexibility index (Phi) is 5.00. The Hall–Kier alpha value is -1.83. The van der Waals surface area contributed by atoms with E-state index in [0.717, 1.165) is 25.5 Å². The summed E-state index contributed by atoms with van der Waals surface area (Å²) in [6.45, 7) is 0.862. The number of pyridine rings is 1. The summed E-state index contributed by atoms with van der Waals surface area (Å²) in [5.74, 6) is -0.633. The summed E-state index contributed by atoms with van der Waals surface area (Å²) in [6.07, 6.45) is -1.57. The molecule has 1 fully saturated rings. The van der Waals surface area contributed by atoms with Gasteiger partial charge in [-0.2, -0.15) is 13.2 Å². The van der Waals surface area contributed by atoms with Crippen molar-refractivity contribution < 1.29 is 22.7 Å². The number of rotatable bonds is 5. The van der Waals surface area contributed by atoms with Crippen LogP contribution in [0.4, 0.5) is 13.2 Å². The van der Waals surface area contributed by atoms with Gasteiger partial charge in [0.2, 0.25) is 11.8 Å². The Morgan fingerprint density at radius 3 is 3.00 bits per heavy atom. The number of amides is 1. The molecule has 2 heterocycles. The fourth-order valence-corrected chi connectivity index (χ4v) is 2.08. The van der Waals surface area contributed by atoms with Gasteiger partial charge in [0.05, 0.1) is 12.6 Å². The third-order valence-corrected chi connectivity index (χ3v) is 3.09. The first-order valence-corrected chi connectivity index (χ1v) is 6.64. The summed E-state index contributed by atoms with van der Waals surface area (Å²) >= 11 is 0. The lowest BCUT2D eigenvalue weighted by atomic mass is 10.2. The monoisotopic (exact) mass is 303 g/mol. The maximum atomic E-state index is 12.7. The van der Waals surface area contributed by atoms with Crippen LogP contribution in [0.2, 0.25) is 0 Å². The number of nitrogens with zero attached hydrogens (tertiary/aromatic N) is 1. The van der Waals surface area contributed by atoms with Crippen molar-refractivity contribution in [3.63, 3.8) is 0 Å². The minimum atomic E-state index is -4.51. The summed E-state index contributed by atoms with van der Waals surface area (Å²) in [6, 6.07) is 1.89. The molecule has 0 aliphatic carbocycles. The van der Waals surface area contributed by atoms with Crippen molar-refractivity contribution in [2.75, 3.05) is 19.7 Å². The normalized spacial score (nSPS) is 18.5. The molecule has 21 heavy (non-hydrogen) atoms. The van der Waals surface area contributed by atoms with Crippen LogP contribution in [0.1, 0.15) is 18.4 Å². The number of carbonyl (C=O) groups excluding carboxylic acids is 1. The van der Waals surface area contributed by atoms with E-state index in [1.54, 1.807) is 0 Å². The fraction of sp³-hybridized carbons (Fsp3) is 0.538. The van der Waals surface area contributed by atoms with Gasteiger partial charge in [-0.25, -0.2) is 4.98 Å². The van der Waals surface area contributed by atoms with E-state index in [1.165, 1.54) is 12.3 Å². The van der Waals surface area contributed by atoms with Crippen LogP contribution in [-0.4, -0.2) is 36.6 Å². The zero-order valence-electron chi connectivity index (χ0n) is 11.2. The molecule has 5 nitrogen and oxygen atoms in total. The maximum absolute atomic E-state index is 12.7. The van der Waals surface area contributed by atoms with E-state index in [2.05, 4.69) is 15.6 Å². The molecule has 0 saturated carbocycles. The molecule has 116 valence electrons. The Morgan fingerprint density at radius 2 is 2.33 bits per heavy atom. The Bertz CT molecular complexity index is 488. The quantitative estimate of drug-likeness (QED) is 0.806. The van der Waals surface area contributed by atoms with E-state index < -0.39 is 17.6 Å². The summed E-state index contributed by atoms with van der Waals surface area (Å²) in [5, 5.41) is 5.65. The molecular formula is C13H16F3N3O2. The largest absolute Gasteiger partial charge is 0.475 e. The highest BCUT2D eigenvalue weighted by Crippen LogP contribution is 2.34. The minimum absolute atomic E-state index is 0.0709. The molecule has 1 aromatic rings. The van der Waals surface area contributed by atoms with Gasteiger partial charge in [0, 0.05) is 6.20 Å². The van der Waals surface area contributed by atoms with Crippen LogP contribution in [0.25, 0.3) is 0 Å². The summed E-state index contributed by atoms with van der Waals surface area (Å²) < 4.78 is 43.1. The first-order chi connectivity index (χ1) is 9.98. The van der Waals surface area contributed by atoms with Crippen molar-refractivity contribution in [2.45, 2.75) is 25.1 Å². The van der Waals surface area contributed by atoms with Crippen molar-refractivity contribution >= 4 is 5.91 Å². The number of nitrogens with one attached hydrogen (secondary N) is 2. The van der Waals surface area contributed by atoms with E-state index in [9.17, 15) is 18.0 Å². The van der Waals surface area contributed by atoms with Gasteiger partial charge in [-0.15, -0.1) is 0 Å². The highest BCUT2D eigenvalue weighted by molar-refractivity contribution is 5.81. The SMILES string of the molecule is O=C(NCCOc1ncccc1C(F)(F)F)C1CCCN1. The molecule has 1 aliphatic rings. The van der Waals surface area contributed by atoms with E-state index >= 15 is 0 Å². The molecule has 1 aliphatic heterocycles. The van der Waals surface area contributed by atoms with E-state index in [1.807, 2.05) is 0 Å². The molecule has 1 atom stereocenters. The zero-order valence-corrected chi connectivity index (χ0v) is 11.2. The molecule has 1 aromatic heterocycles.